The van der Waals surface area contributed by atoms with Gasteiger partial charge in [-0.05, 0) is 12.1 Å². The summed E-state index contributed by atoms with van der Waals surface area (Å²) in [6, 6.07) is 10.6. The van der Waals surface area contributed by atoms with Crippen LogP contribution in [-0.4, -0.2) is 9.97 Å². The highest BCUT2D eigenvalue weighted by molar-refractivity contribution is 6.06. The van der Waals surface area contributed by atoms with Crippen molar-refractivity contribution in [3.63, 3.8) is 0 Å². The van der Waals surface area contributed by atoms with Gasteiger partial charge in [0.15, 0.2) is 0 Å². The molecule has 0 spiro atoms. The van der Waals surface area contributed by atoms with Crippen molar-refractivity contribution >= 4 is 21.8 Å². The maximum Gasteiger partial charge on any atom is 0.0651 e. The normalized spacial score (nSPS) is 12.4. The van der Waals surface area contributed by atoms with Gasteiger partial charge in [0.1, 0.15) is 0 Å². The molecule has 0 unspecified atom stereocenters. The van der Waals surface area contributed by atoms with Crippen molar-refractivity contribution < 1.29 is 0 Å². The third-order valence-electron chi connectivity index (χ3n) is 3.16. The monoisotopic (exact) mass is 224 g/mol. The van der Waals surface area contributed by atoms with E-state index in [0.29, 0.717) is 0 Å². The molecule has 0 amide bonds. The summed E-state index contributed by atoms with van der Waals surface area (Å²) in [7, 11) is 0. The third kappa shape index (κ3) is 1.60. The molecule has 3 aromatic rings. The second kappa shape index (κ2) is 3.33. The Morgan fingerprint density at radius 3 is 2.53 bits per heavy atom. The highest BCUT2D eigenvalue weighted by atomic mass is 14.8. The Kier molecular flexibility index (Phi) is 2.02. The van der Waals surface area contributed by atoms with Gasteiger partial charge in [0.2, 0.25) is 0 Å². The maximum absolute atomic E-state index is 4.54. The lowest BCUT2D eigenvalue weighted by Crippen LogP contribution is -2.12. The van der Waals surface area contributed by atoms with Gasteiger partial charge in [-0.25, -0.2) is 0 Å². The van der Waals surface area contributed by atoms with E-state index in [2.05, 4.69) is 61.1 Å². The minimum absolute atomic E-state index is 0.0898. The lowest BCUT2D eigenvalue weighted by Gasteiger charge is -2.17. The molecule has 0 bridgehead atoms. The molecular formula is C15H16N2. The molecule has 2 nitrogen and oxygen atoms in total. The molecule has 2 heterocycles. The van der Waals surface area contributed by atoms with E-state index in [0.717, 1.165) is 11.2 Å². The second-order valence-electron chi connectivity index (χ2n) is 5.54. The number of aromatic nitrogens is 2. The number of aromatic amines is 1. The Balaban J connectivity index is 2.38. The van der Waals surface area contributed by atoms with E-state index in [1.807, 2.05) is 6.20 Å². The van der Waals surface area contributed by atoms with Crippen molar-refractivity contribution in [3.05, 3.63) is 42.2 Å². The number of nitrogens with one attached hydrogen (secondary N) is 1. The summed E-state index contributed by atoms with van der Waals surface area (Å²) in [6.45, 7) is 6.57. The molecule has 86 valence electrons. The number of pyridine rings is 1. The Morgan fingerprint density at radius 1 is 1.00 bits per heavy atom. The molecule has 17 heavy (non-hydrogen) atoms. The number of nitrogens with zero attached hydrogens (tertiary/aromatic N) is 1. The number of hydrogen-bond donors (Lipinski definition) is 1. The summed E-state index contributed by atoms with van der Waals surface area (Å²) in [5.41, 5.74) is 3.51. The van der Waals surface area contributed by atoms with E-state index in [9.17, 15) is 0 Å². The first kappa shape index (κ1) is 10.3. The van der Waals surface area contributed by atoms with Gasteiger partial charge in [-0.2, -0.15) is 0 Å². The standard InChI is InChI=1S/C15H16N2/c1-15(2,3)14-8-11-10-6-4-5-7-12(10)17-13(11)9-16-14/h4-9,17H,1-3H3. The van der Waals surface area contributed by atoms with Crippen molar-refractivity contribution in [1.82, 2.24) is 9.97 Å². The van der Waals surface area contributed by atoms with Crippen LogP contribution in [0.4, 0.5) is 0 Å². The van der Waals surface area contributed by atoms with Crippen molar-refractivity contribution in [1.29, 1.82) is 0 Å². The van der Waals surface area contributed by atoms with E-state index in [1.165, 1.54) is 16.3 Å². The zero-order valence-corrected chi connectivity index (χ0v) is 10.4. The summed E-state index contributed by atoms with van der Waals surface area (Å²) in [4.78, 5) is 7.94. The highest BCUT2D eigenvalue weighted by Crippen LogP contribution is 2.28. The summed E-state index contributed by atoms with van der Waals surface area (Å²) < 4.78 is 0. The van der Waals surface area contributed by atoms with Gasteiger partial charge in [0.25, 0.3) is 0 Å². The predicted octanol–water partition coefficient (Wildman–Crippen LogP) is 4.01. The molecule has 0 radical (unpaired) electrons. The first-order valence-electron chi connectivity index (χ1n) is 5.93. The molecule has 2 heteroatoms. The van der Waals surface area contributed by atoms with Gasteiger partial charge in [0, 0.05) is 27.4 Å². The molecule has 0 aliphatic carbocycles. The van der Waals surface area contributed by atoms with Gasteiger partial charge in [-0.15, -0.1) is 0 Å². The summed E-state index contributed by atoms with van der Waals surface area (Å²) in [6.07, 6.45) is 1.94. The van der Waals surface area contributed by atoms with Crippen molar-refractivity contribution in [3.8, 4) is 0 Å². The minimum atomic E-state index is 0.0898. The van der Waals surface area contributed by atoms with Crippen LogP contribution < -0.4 is 0 Å². The number of rotatable bonds is 0. The topological polar surface area (TPSA) is 28.7 Å². The van der Waals surface area contributed by atoms with Crippen LogP contribution in [0.25, 0.3) is 21.8 Å². The Morgan fingerprint density at radius 2 is 1.76 bits per heavy atom. The molecule has 0 aliphatic rings. The fourth-order valence-corrected chi connectivity index (χ4v) is 2.16. The number of hydrogen-bond acceptors (Lipinski definition) is 1. The molecule has 0 fully saturated rings. The molecule has 2 aromatic heterocycles. The average molecular weight is 224 g/mol. The Bertz CT molecular complexity index is 687. The third-order valence-corrected chi connectivity index (χ3v) is 3.16. The van der Waals surface area contributed by atoms with Crippen LogP contribution in [0.15, 0.2) is 36.5 Å². The molecule has 0 atom stereocenters. The van der Waals surface area contributed by atoms with Crippen molar-refractivity contribution in [2.24, 2.45) is 0 Å². The van der Waals surface area contributed by atoms with Crippen molar-refractivity contribution in [2.45, 2.75) is 26.2 Å². The van der Waals surface area contributed by atoms with Crippen molar-refractivity contribution in [2.75, 3.05) is 0 Å². The van der Waals surface area contributed by atoms with E-state index in [4.69, 9.17) is 0 Å². The van der Waals surface area contributed by atoms with Crippen LogP contribution in [0.3, 0.4) is 0 Å². The van der Waals surface area contributed by atoms with E-state index < -0.39 is 0 Å². The average Bonchev–Trinajstić information content (AvgIpc) is 2.65. The zero-order chi connectivity index (χ0) is 12.0. The first-order valence-corrected chi connectivity index (χ1v) is 5.93. The van der Waals surface area contributed by atoms with Crippen LogP contribution in [0.1, 0.15) is 26.5 Å². The van der Waals surface area contributed by atoms with Crippen LogP contribution in [0.5, 0.6) is 0 Å². The highest BCUT2D eigenvalue weighted by Gasteiger charge is 2.16. The molecule has 1 aromatic carbocycles. The molecule has 0 saturated heterocycles. The maximum atomic E-state index is 4.54. The van der Waals surface area contributed by atoms with Gasteiger partial charge < -0.3 is 4.98 Å². The van der Waals surface area contributed by atoms with E-state index in [1.54, 1.807) is 0 Å². The lowest BCUT2D eigenvalue weighted by molar-refractivity contribution is 0.570. The smallest absolute Gasteiger partial charge is 0.0651 e. The number of para-hydroxylation sites is 1. The van der Waals surface area contributed by atoms with Gasteiger partial charge in [-0.1, -0.05) is 39.0 Å². The van der Waals surface area contributed by atoms with E-state index >= 15 is 0 Å². The quantitative estimate of drug-likeness (QED) is 0.614. The number of benzene rings is 1. The molecule has 0 saturated carbocycles. The molecule has 0 aliphatic heterocycles. The molecule has 3 rings (SSSR count). The molecular weight excluding hydrogens is 208 g/mol. The van der Waals surface area contributed by atoms with Crippen LogP contribution in [0, 0.1) is 0 Å². The summed E-state index contributed by atoms with van der Waals surface area (Å²) >= 11 is 0. The summed E-state index contributed by atoms with van der Waals surface area (Å²) in [5.74, 6) is 0. The van der Waals surface area contributed by atoms with Crippen LogP contribution in [0.2, 0.25) is 0 Å². The van der Waals surface area contributed by atoms with E-state index in [-0.39, 0.29) is 5.41 Å². The Labute approximate surface area is 101 Å². The van der Waals surface area contributed by atoms with Gasteiger partial charge >= 0.3 is 0 Å². The summed E-state index contributed by atoms with van der Waals surface area (Å²) in [5, 5.41) is 2.54. The number of H-pyrrole nitrogens is 1. The zero-order valence-electron chi connectivity index (χ0n) is 10.4. The number of fused-ring (bicyclic) bond motifs is 3. The fourth-order valence-electron chi connectivity index (χ4n) is 2.16. The van der Waals surface area contributed by atoms with Gasteiger partial charge in [-0.3, -0.25) is 4.98 Å². The molecule has 1 N–H and O–H groups in total. The van der Waals surface area contributed by atoms with Gasteiger partial charge in [0.05, 0.1) is 11.7 Å². The predicted molar refractivity (Wildman–Crippen MR) is 72.3 cm³/mol. The fraction of sp³-hybridized carbons (Fsp3) is 0.267. The Hall–Kier alpha value is -1.83. The lowest BCUT2D eigenvalue weighted by atomic mass is 9.91. The SMILES string of the molecule is CC(C)(C)c1cc2c(cn1)[nH]c1ccccc12. The first-order chi connectivity index (χ1) is 8.05. The minimum Gasteiger partial charge on any atom is -0.353 e. The second-order valence-corrected chi connectivity index (χ2v) is 5.54. The largest absolute Gasteiger partial charge is 0.353 e. The van der Waals surface area contributed by atoms with Crippen LogP contribution >= 0.6 is 0 Å². The van der Waals surface area contributed by atoms with Crippen LogP contribution in [-0.2, 0) is 5.41 Å².